The SMILES string of the molecule is CCC(CC)NCC(C)OCCOCCN1CCCC1. The number of likely N-dealkylation sites (tertiary alicyclic amines) is 1. The van der Waals surface area contributed by atoms with Crippen molar-refractivity contribution in [1.29, 1.82) is 0 Å². The molecule has 1 fully saturated rings. The third-order valence-electron chi connectivity index (χ3n) is 4.06. The number of hydrogen-bond donors (Lipinski definition) is 1. The molecule has 1 saturated heterocycles. The summed E-state index contributed by atoms with van der Waals surface area (Å²) in [7, 11) is 0. The fourth-order valence-electron chi connectivity index (χ4n) is 2.58. The summed E-state index contributed by atoms with van der Waals surface area (Å²) in [5, 5.41) is 3.54. The Balaban J connectivity index is 1.87. The predicted molar refractivity (Wildman–Crippen MR) is 84.3 cm³/mol. The van der Waals surface area contributed by atoms with Crippen LogP contribution in [0.2, 0.25) is 0 Å². The lowest BCUT2D eigenvalue weighted by molar-refractivity contribution is 0.00810. The van der Waals surface area contributed by atoms with Crippen molar-refractivity contribution in [3.63, 3.8) is 0 Å². The number of nitrogens with one attached hydrogen (secondary N) is 1. The van der Waals surface area contributed by atoms with Crippen molar-refractivity contribution in [3.8, 4) is 0 Å². The topological polar surface area (TPSA) is 33.7 Å². The Morgan fingerprint density at radius 2 is 1.75 bits per heavy atom. The second-order valence-electron chi connectivity index (χ2n) is 5.76. The second kappa shape index (κ2) is 11.5. The molecule has 0 amide bonds. The molecule has 4 heteroatoms. The van der Waals surface area contributed by atoms with E-state index in [1.54, 1.807) is 0 Å². The molecule has 1 heterocycles. The lowest BCUT2D eigenvalue weighted by Gasteiger charge is -2.19. The standard InChI is InChI=1S/C16H34N2O2/c1-4-16(5-2)17-14-15(3)20-13-12-19-11-10-18-8-6-7-9-18/h15-17H,4-14H2,1-3H3. The highest BCUT2D eigenvalue weighted by Crippen LogP contribution is 2.05. The van der Waals surface area contributed by atoms with E-state index in [0.717, 1.165) is 19.7 Å². The molecule has 0 saturated carbocycles. The van der Waals surface area contributed by atoms with E-state index in [2.05, 4.69) is 31.0 Å². The average molecular weight is 286 g/mol. The van der Waals surface area contributed by atoms with Gasteiger partial charge in [-0.05, 0) is 45.7 Å². The average Bonchev–Trinajstić information content (AvgIpc) is 2.97. The monoisotopic (exact) mass is 286 g/mol. The molecule has 1 atom stereocenters. The molecule has 0 spiro atoms. The second-order valence-corrected chi connectivity index (χ2v) is 5.76. The van der Waals surface area contributed by atoms with Gasteiger partial charge in [0.25, 0.3) is 0 Å². The fourth-order valence-corrected chi connectivity index (χ4v) is 2.58. The molecule has 4 nitrogen and oxygen atoms in total. The Labute approximate surface area is 125 Å². The van der Waals surface area contributed by atoms with Gasteiger partial charge in [-0.2, -0.15) is 0 Å². The molecule has 0 aromatic heterocycles. The Morgan fingerprint density at radius 3 is 2.40 bits per heavy atom. The summed E-state index contributed by atoms with van der Waals surface area (Å²) in [5.41, 5.74) is 0. The molecule has 0 aliphatic carbocycles. The van der Waals surface area contributed by atoms with E-state index in [-0.39, 0.29) is 6.10 Å². The highest BCUT2D eigenvalue weighted by Gasteiger charge is 2.10. The summed E-state index contributed by atoms with van der Waals surface area (Å²) in [6, 6.07) is 0.623. The van der Waals surface area contributed by atoms with Gasteiger partial charge < -0.3 is 19.7 Å². The van der Waals surface area contributed by atoms with Crippen LogP contribution in [0.1, 0.15) is 46.5 Å². The van der Waals surface area contributed by atoms with Crippen molar-refractivity contribution in [1.82, 2.24) is 10.2 Å². The van der Waals surface area contributed by atoms with Crippen LogP contribution in [0, 0.1) is 0 Å². The summed E-state index contributed by atoms with van der Waals surface area (Å²) in [5.74, 6) is 0. The van der Waals surface area contributed by atoms with Gasteiger partial charge in [0.2, 0.25) is 0 Å². The molecule has 0 aromatic rings. The summed E-state index contributed by atoms with van der Waals surface area (Å²) in [4.78, 5) is 2.48. The molecule has 20 heavy (non-hydrogen) atoms. The minimum Gasteiger partial charge on any atom is -0.378 e. The van der Waals surface area contributed by atoms with Crippen LogP contribution in [0.25, 0.3) is 0 Å². The normalized spacial score (nSPS) is 18.0. The molecular weight excluding hydrogens is 252 g/mol. The van der Waals surface area contributed by atoms with Gasteiger partial charge in [0.05, 0.1) is 25.9 Å². The van der Waals surface area contributed by atoms with Crippen LogP contribution >= 0.6 is 0 Å². The Morgan fingerprint density at radius 1 is 1.05 bits per heavy atom. The first-order valence-electron chi connectivity index (χ1n) is 8.41. The van der Waals surface area contributed by atoms with Crippen molar-refractivity contribution >= 4 is 0 Å². The molecule has 0 radical (unpaired) electrons. The van der Waals surface area contributed by atoms with E-state index in [1.807, 2.05) is 0 Å². The largest absolute Gasteiger partial charge is 0.378 e. The van der Waals surface area contributed by atoms with Crippen molar-refractivity contribution < 1.29 is 9.47 Å². The van der Waals surface area contributed by atoms with Gasteiger partial charge in [-0.25, -0.2) is 0 Å². The molecule has 0 aromatic carbocycles. The van der Waals surface area contributed by atoms with E-state index < -0.39 is 0 Å². The highest BCUT2D eigenvalue weighted by atomic mass is 16.5. The Bertz CT molecular complexity index is 217. The molecule has 1 aliphatic heterocycles. The minimum absolute atomic E-state index is 0.262. The van der Waals surface area contributed by atoms with Crippen LogP contribution in [0.15, 0.2) is 0 Å². The molecule has 0 bridgehead atoms. The van der Waals surface area contributed by atoms with Crippen molar-refractivity contribution in [2.45, 2.75) is 58.6 Å². The first-order chi connectivity index (χ1) is 9.76. The maximum absolute atomic E-state index is 5.75. The van der Waals surface area contributed by atoms with E-state index in [4.69, 9.17) is 9.47 Å². The van der Waals surface area contributed by atoms with Gasteiger partial charge in [0.1, 0.15) is 0 Å². The third-order valence-corrected chi connectivity index (χ3v) is 4.06. The number of hydrogen-bond acceptors (Lipinski definition) is 4. The van der Waals surface area contributed by atoms with Crippen LogP contribution in [-0.4, -0.2) is 63.0 Å². The summed E-state index contributed by atoms with van der Waals surface area (Å²) in [6.45, 7) is 13.3. The maximum Gasteiger partial charge on any atom is 0.0704 e. The van der Waals surface area contributed by atoms with Gasteiger partial charge >= 0.3 is 0 Å². The summed E-state index contributed by atoms with van der Waals surface area (Å²) in [6.07, 6.45) is 5.33. The summed E-state index contributed by atoms with van der Waals surface area (Å²) >= 11 is 0. The lowest BCUT2D eigenvalue weighted by Crippen LogP contribution is -2.35. The Kier molecular flexibility index (Phi) is 10.3. The zero-order valence-corrected chi connectivity index (χ0v) is 13.7. The van der Waals surface area contributed by atoms with E-state index >= 15 is 0 Å². The number of ether oxygens (including phenoxy) is 2. The molecule has 1 N–H and O–H groups in total. The maximum atomic E-state index is 5.75. The molecule has 1 aliphatic rings. The van der Waals surface area contributed by atoms with Crippen molar-refractivity contribution in [2.24, 2.45) is 0 Å². The Hall–Kier alpha value is -0.160. The number of nitrogens with zero attached hydrogens (tertiary/aromatic N) is 1. The molecule has 120 valence electrons. The zero-order chi connectivity index (χ0) is 14.6. The van der Waals surface area contributed by atoms with Gasteiger partial charge in [-0.15, -0.1) is 0 Å². The highest BCUT2D eigenvalue weighted by molar-refractivity contribution is 4.66. The van der Waals surface area contributed by atoms with Gasteiger partial charge in [-0.1, -0.05) is 13.8 Å². The van der Waals surface area contributed by atoms with Gasteiger partial charge in [0, 0.05) is 19.1 Å². The molecule has 1 rings (SSSR count). The van der Waals surface area contributed by atoms with Crippen molar-refractivity contribution in [2.75, 3.05) is 46.0 Å². The smallest absolute Gasteiger partial charge is 0.0704 e. The van der Waals surface area contributed by atoms with Crippen LogP contribution in [0.5, 0.6) is 0 Å². The number of rotatable bonds is 12. The van der Waals surface area contributed by atoms with Crippen LogP contribution in [-0.2, 0) is 9.47 Å². The van der Waals surface area contributed by atoms with Gasteiger partial charge in [-0.3, -0.25) is 0 Å². The first kappa shape index (κ1) is 17.9. The van der Waals surface area contributed by atoms with Crippen LogP contribution in [0.4, 0.5) is 0 Å². The lowest BCUT2D eigenvalue weighted by atomic mass is 10.1. The zero-order valence-electron chi connectivity index (χ0n) is 13.7. The van der Waals surface area contributed by atoms with Crippen LogP contribution in [0.3, 0.4) is 0 Å². The first-order valence-corrected chi connectivity index (χ1v) is 8.41. The summed E-state index contributed by atoms with van der Waals surface area (Å²) < 4.78 is 11.4. The van der Waals surface area contributed by atoms with Gasteiger partial charge in [0.15, 0.2) is 0 Å². The van der Waals surface area contributed by atoms with Crippen molar-refractivity contribution in [3.05, 3.63) is 0 Å². The van der Waals surface area contributed by atoms with E-state index in [0.29, 0.717) is 19.3 Å². The minimum atomic E-state index is 0.262. The quantitative estimate of drug-likeness (QED) is 0.558. The molecular formula is C16H34N2O2. The van der Waals surface area contributed by atoms with E-state index in [1.165, 1.54) is 38.8 Å². The predicted octanol–water partition coefficient (Wildman–Crippen LogP) is 2.28. The third kappa shape index (κ3) is 8.20. The van der Waals surface area contributed by atoms with E-state index in [9.17, 15) is 0 Å². The molecule has 1 unspecified atom stereocenters. The van der Waals surface area contributed by atoms with Crippen LogP contribution < -0.4 is 5.32 Å². The fraction of sp³-hybridized carbons (Fsp3) is 1.00.